The Labute approximate surface area is 346 Å². The van der Waals surface area contributed by atoms with Crippen molar-refractivity contribution in [1.29, 1.82) is 0 Å². The number of aliphatic hydroxyl groups excluding tert-OH is 2. The average molecular weight is 803 g/mol. The fourth-order valence-electron chi connectivity index (χ4n) is 8.50. The number of rotatable bonds is 8. The predicted molar refractivity (Wildman–Crippen MR) is 225 cm³/mol. The molecule has 2 atom stereocenters. The molecule has 8 rings (SSSR count). The van der Waals surface area contributed by atoms with Gasteiger partial charge in [0.2, 0.25) is 11.6 Å². The van der Waals surface area contributed by atoms with Gasteiger partial charge in [0, 0.05) is 55.7 Å². The van der Waals surface area contributed by atoms with Gasteiger partial charge in [-0.3, -0.25) is 28.8 Å². The van der Waals surface area contributed by atoms with Gasteiger partial charge >= 0.3 is 0 Å². The number of carbonyl (C=O) groups is 6. The zero-order valence-electron chi connectivity index (χ0n) is 34.1. The van der Waals surface area contributed by atoms with Crippen LogP contribution in [-0.2, 0) is 0 Å². The van der Waals surface area contributed by atoms with E-state index in [-0.39, 0.29) is 44.5 Å². The molecule has 2 aliphatic heterocycles. The molecule has 0 aromatic heterocycles. The lowest BCUT2D eigenvalue weighted by Crippen LogP contribution is -2.35. The van der Waals surface area contributed by atoms with Crippen molar-refractivity contribution < 1.29 is 48.5 Å². The Morgan fingerprint density at radius 3 is 1.25 bits per heavy atom. The lowest BCUT2D eigenvalue weighted by atomic mass is 9.71. The lowest BCUT2D eigenvalue weighted by Gasteiger charge is -2.34. The van der Waals surface area contributed by atoms with Crippen molar-refractivity contribution in [3.63, 3.8) is 0 Å². The summed E-state index contributed by atoms with van der Waals surface area (Å²) in [7, 11) is 0. The standard InChI is InChI=1S/C50H42O10/c1-25(2)11-9-21-49(5)23-19-29-33(59-49)17-15-31-35(29)45(55)47(57)39(43(31)53)37-38(42(52)28-14-8-7-13-27(28)41(37)51)40-44(54)32-16-18-34-30(36(32)46(56)48(40)58)20-24-50(6,60-34)22-10-12-26(3)4/h7-8,11-20,23-24,57-58H,9-10,21-22H2,1-6H3/t49-,50-/m1/s1. The van der Waals surface area contributed by atoms with Crippen LogP contribution in [0.2, 0.25) is 0 Å². The second-order valence-corrected chi connectivity index (χ2v) is 16.7. The Balaban J connectivity index is 1.25. The minimum absolute atomic E-state index is 0.161. The molecule has 2 N–H and O–H groups in total. The third-order valence-electron chi connectivity index (χ3n) is 11.6. The van der Waals surface area contributed by atoms with Crippen molar-refractivity contribution in [2.24, 2.45) is 0 Å². The molecule has 0 radical (unpaired) electrons. The number of Topliss-reactive ketones (excluding diaryl/α,β-unsaturated/α-hetero) is 6. The van der Waals surface area contributed by atoms with E-state index in [1.807, 2.05) is 41.5 Å². The molecule has 3 aliphatic carbocycles. The highest BCUT2D eigenvalue weighted by Gasteiger charge is 2.48. The molecule has 3 aromatic carbocycles. The zero-order valence-corrected chi connectivity index (χ0v) is 34.1. The number of ketones is 6. The van der Waals surface area contributed by atoms with Crippen molar-refractivity contribution in [2.45, 2.75) is 78.4 Å². The fourth-order valence-corrected chi connectivity index (χ4v) is 8.50. The minimum atomic E-state index is -1.14. The van der Waals surface area contributed by atoms with Crippen LogP contribution in [-0.4, -0.2) is 56.1 Å². The van der Waals surface area contributed by atoms with Gasteiger partial charge in [-0.05, 0) is 104 Å². The molecule has 10 nitrogen and oxygen atoms in total. The second kappa shape index (κ2) is 14.4. The number of hydrogen-bond donors (Lipinski definition) is 2. The molecule has 0 spiro atoms. The molecule has 5 aliphatic rings. The summed E-state index contributed by atoms with van der Waals surface area (Å²) in [6, 6.07) is 11.4. The molecule has 302 valence electrons. The predicted octanol–water partition coefficient (Wildman–Crippen LogP) is 9.97. The number of hydrogen-bond acceptors (Lipinski definition) is 10. The number of carbonyl (C=O) groups excluding carboxylic acids is 6. The SMILES string of the molecule is CC(C)=CCC[C@]1(C)C=Cc2c(ccc3c2C(=O)C(O)=C(C2=C(C4=C(O)C(=O)c5c(ccc6c5C=C[C@@](C)(CCC=C(C)C)O6)C4=O)C(=O)c4ccccc4C2=O)C3=O)O1. The molecular formula is C50H42O10. The first-order chi connectivity index (χ1) is 28.4. The molecule has 3 aromatic rings. The highest BCUT2D eigenvalue weighted by Crippen LogP contribution is 2.46. The number of benzene rings is 3. The average Bonchev–Trinajstić information content (AvgIpc) is 3.20. The van der Waals surface area contributed by atoms with Gasteiger partial charge in [-0.15, -0.1) is 0 Å². The highest BCUT2D eigenvalue weighted by molar-refractivity contribution is 6.41. The van der Waals surface area contributed by atoms with Crippen LogP contribution in [0.3, 0.4) is 0 Å². The second-order valence-electron chi connectivity index (χ2n) is 16.7. The van der Waals surface area contributed by atoms with Crippen LogP contribution in [0.15, 0.2) is 118 Å². The number of ether oxygens (including phenoxy) is 2. The molecule has 10 heteroatoms. The Kier molecular flexibility index (Phi) is 9.57. The van der Waals surface area contributed by atoms with Crippen LogP contribution >= 0.6 is 0 Å². The van der Waals surface area contributed by atoms with E-state index in [1.54, 1.807) is 24.3 Å². The van der Waals surface area contributed by atoms with Crippen molar-refractivity contribution in [3.05, 3.63) is 162 Å². The first kappa shape index (κ1) is 39.9. The Morgan fingerprint density at radius 1 is 0.517 bits per heavy atom. The maximum absolute atomic E-state index is 14.6. The van der Waals surface area contributed by atoms with E-state index >= 15 is 0 Å². The minimum Gasteiger partial charge on any atom is -0.504 e. The van der Waals surface area contributed by atoms with Crippen LogP contribution in [0.5, 0.6) is 11.5 Å². The summed E-state index contributed by atoms with van der Waals surface area (Å²) >= 11 is 0. The molecule has 0 amide bonds. The normalized spacial score (nSPS) is 21.5. The van der Waals surface area contributed by atoms with Gasteiger partial charge < -0.3 is 19.7 Å². The van der Waals surface area contributed by atoms with Gasteiger partial charge in [0.15, 0.2) is 34.7 Å². The Bertz CT molecular complexity index is 2600. The Hall–Kier alpha value is -6.94. The number of fused-ring (bicyclic) bond motifs is 7. The monoisotopic (exact) mass is 802 g/mol. The third kappa shape index (κ3) is 6.34. The maximum Gasteiger partial charge on any atom is 0.229 e. The molecule has 0 saturated heterocycles. The van der Waals surface area contributed by atoms with Gasteiger partial charge in [-0.2, -0.15) is 0 Å². The first-order valence-corrected chi connectivity index (χ1v) is 19.8. The summed E-state index contributed by atoms with van der Waals surface area (Å²) in [6.45, 7) is 11.8. The molecule has 0 fully saturated rings. The smallest absolute Gasteiger partial charge is 0.229 e. The van der Waals surface area contributed by atoms with E-state index in [2.05, 4.69) is 12.2 Å². The van der Waals surface area contributed by atoms with E-state index in [0.717, 1.165) is 24.0 Å². The number of aliphatic hydroxyl groups is 2. The van der Waals surface area contributed by atoms with E-state index in [0.29, 0.717) is 24.3 Å². The summed E-state index contributed by atoms with van der Waals surface area (Å²) in [5.41, 5.74) is -2.88. The maximum atomic E-state index is 14.6. The van der Waals surface area contributed by atoms with E-state index in [1.165, 1.54) is 48.5 Å². The van der Waals surface area contributed by atoms with Crippen LogP contribution in [0.1, 0.15) is 141 Å². The summed E-state index contributed by atoms with van der Waals surface area (Å²) in [5, 5.41) is 23.5. The van der Waals surface area contributed by atoms with Crippen LogP contribution < -0.4 is 9.47 Å². The molecule has 2 heterocycles. The third-order valence-corrected chi connectivity index (χ3v) is 11.6. The van der Waals surface area contributed by atoms with Gasteiger partial charge in [-0.25, -0.2) is 0 Å². The van der Waals surface area contributed by atoms with Crippen molar-refractivity contribution >= 4 is 46.9 Å². The molecule has 0 bridgehead atoms. The van der Waals surface area contributed by atoms with Crippen molar-refractivity contribution in [3.8, 4) is 11.5 Å². The van der Waals surface area contributed by atoms with E-state index < -0.39 is 79.7 Å². The van der Waals surface area contributed by atoms with Crippen LogP contribution in [0.4, 0.5) is 0 Å². The summed E-state index contributed by atoms with van der Waals surface area (Å²) in [4.78, 5) is 86.9. The topological polar surface area (TPSA) is 161 Å². The zero-order chi connectivity index (χ0) is 43.0. The molecular weight excluding hydrogens is 761 g/mol. The number of allylic oxidation sites excluding steroid dienone is 10. The lowest BCUT2D eigenvalue weighted by molar-refractivity contribution is 0.0910. The van der Waals surface area contributed by atoms with Crippen LogP contribution in [0.25, 0.3) is 12.2 Å². The molecule has 60 heavy (non-hydrogen) atoms. The van der Waals surface area contributed by atoms with Crippen molar-refractivity contribution in [1.82, 2.24) is 0 Å². The Morgan fingerprint density at radius 2 is 0.883 bits per heavy atom. The van der Waals surface area contributed by atoms with Gasteiger partial charge in [0.25, 0.3) is 0 Å². The fraction of sp³-hybridized carbons (Fsp3) is 0.240. The van der Waals surface area contributed by atoms with Crippen LogP contribution in [0, 0.1) is 0 Å². The van der Waals surface area contributed by atoms with Gasteiger partial charge in [0.1, 0.15) is 22.7 Å². The first-order valence-electron chi connectivity index (χ1n) is 19.8. The molecule has 0 saturated carbocycles. The van der Waals surface area contributed by atoms with E-state index in [4.69, 9.17) is 9.47 Å². The van der Waals surface area contributed by atoms with E-state index in [9.17, 15) is 39.0 Å². The summed E-state index contributed by atoms with van der Waals surface area (Å²) in [6.07, 6.45) is 13.8. The van der Waals surface area contributed by atoms with Crippen molar-refractivity contribution in [2.75, 3.05) is 0 Å². The van der Waals surface area contributed by atoms with Gasteiger partial charge in [-0.1, -0.05) is 59.7 Å². The highest BCUT2D eigenvalue weighted by atomic mass is 16.5. The quantitative estimate of drug-likeness (QED) is 0.210. The summed E-state index contributed by atoms with van der Waals surface area (Å²) in [5.74, 6) is -7.63. The van der Waals surface area contributed by atoms with Gasteiger partial charge in [0.05, 0.1) is 11.1 Å². The molecule has 0 unspecified atom stereocenters. The largest absolute Gasteiger partial charge is 0.504 e. The summed E-state index contributed by atoms with van der Waals surface area (Å²) < 4.78 is 12.6.